The first-order valence-electron chi connectivity index (χ1n) is 5.28. The zero-order valence-corrected chi connectivity index (χ0v) is 10.3. The zero-order chi connectivity index (χ0) is 14.0. The van der Waals surface area contributed by atoms with Crippen molar-refractivity contribution in [1.82, 2.24) is 0 Å². The Bertz CT molecular complexity index is 626. The maximum Gasteiger partial charge on any atom is 0.257 e. The smallest absolute Gasteiger partial charge is 0.257 e. The molecule has 0 fully saturated rings. The molecule has 2 aromatic carbocycles. The van der Waals surface area contributed by atoms with E-state index in [1.165, 1.54) is 12.1 Å². The highest BCUT2D eigenvalue weighted by molar-refractivity contribution is 6.31. The van der Waals surface area contributed by atoms with E-state index < -0.39 is 17.5 Å². The number of anilines is 2. The number of carbonyl (C=O) groups is 1. The third kappa shape index (κ3) is 3.20. The summed E-state index contributed by atoms with van der Waals surface area (Å²) in [5.41, 5.74) is 5.83. The number of hydrogen-bond acceptors (Lipinski definition) is 2. The van der Waals surface area contributed by atoms with Gasteiger partial charge in [-0.2, -0.15) is 0 Å². The number of carbonyl (C=O) groups excluding carboxylic acids is 1. The minimum Gasteiger partial charge on any atom is -0.398 e. The van der Waals surface area contributed by atoms with Crippen molar-refractivity contribution in [2.75, 3.05) is 11.1 Å². The first-order valence-corrected chi connectivity index (χ1v) is 5.66. The number of benzene rings is 2. The lowest BCUT2D eigenvalue weighted by Crippen LogP contribution is -2.14. The van der Waals surface area contributed by atoms with Crippen LogP contribution in [0.25, 0.3) is 0 Å². The van der Waals surface area contributed by atoms with Crippen molar-refractivity contribution in [1.29, 1.82) is 0 Å². The summed E-state index contributed by atoms with van der Waals surface area (Å²) >= 11 is 5.67. The molecule has 0 saturated heterocycles. The second kappa shape index (κ2) is 5.24. The molecule has 0 atom stereocenters. The molecule has 0 heterocycles. The molecule has 3 nitrogen and oxygen atoms in total. The van der Waals surface area contributed by atoms with Gasteiger partial charge in [0.2, 0.25) is 0 Å². The minimum absolute atomic E-state index is 0.000000000000000666. The van der Waals surface area contributed by atoms with E-state index in [2.05, 4.69) is 5.32 Å². The van der Waals surface area contributed by atoms with Crippen molar-refractivity contribution in [3.8, 4) is 0 Å². The third-order valence-corrected chi connectivity index (χ3v) is 2.60. The molecule has 19 heavy (non-hydrogen) atoms. The van der Waals surface area contributed by atoms with Crippen LogP contribution < -0.4 is 11.1 Å². The Morgan fingerprint density at radius 2 is 1.84 bits per heavy atom. The van der Waals surface area contributed by atoms with E-state index in [9.17, 15) is 13.6 Å². The van der Waals surface area contributed by atoms with Gasteiger partial charge in [-0.25, -0.2) is 8.78 Å². The molecule has 0 aliphatic rings. The van der Waals surface area contributed by atoms with Crippen LogP contribution in [0.2, 0.25) is 5.02 Å². The summed E-state index contributed by atoms with van der Waals surface area (Å²) in [6.45, 7) is 0. The molecule has 0 aliphatic carbocycles. The molecule has 0 saturated carbocycles. The van der Waals surface area contributed by atoms with Gasteiger partial charge in [0.1, 0.15) is 11.6 Å². The van der Waals surface area contributed by atoms with Gasteiger partial charge in [-0.3, -0.25) is 4.79 Å². The van der Waals surface area contributed by atoms with Gasteiger partial charge in [0, 0.05) is 16.4 Å². The third-order valence-electron chi connectivity index (χ3n) is 2.38. The van der Waals surface area contributed by atoms with Gasteiger partial charge < -0.3 is 11.1 Å². The Balaban J connectivity index is 2.25. The number of nitrogens with two attached hydrogens (primary N) is 1. The molecular weight excluding hydrogens is 274 g/mol. The first-order chi connectivity index (χ1) is 8.95. The van der Waals surface area contributed by atoms with Crippen LogP contribution >= 0.6 is 11.6 Å². The number of nitrogen functional groups attached to an aromatic ring is 1. The Morgan fingerprint density at radius 3 is 2.47 bits per heavy atom. The number of halogens is 3. The predicted octanol–water partition coefficient (Wildman–Crippen LogP) is 3.45. The summed E-state index contributed by atoms with van der Waals surface area (Å²) < 4.78 is 26.0. The summed E-state index contributed by atoms with van der Waals surface area (Å²) in [5, 5.41) is 2.59. The number of nitrogens with one attached hydrogen (secondary N) is 1. The molecule has 2 aromatic rings. The van der Waals surface area contributed by atoms with E-state index >= 15 is 0 Å². The Hall–Kier alpha value is -2.14. The van der Waals surface area contributed by atoms with Crippen molar-refractivity contribution in [3.63, 3.8) is 0 Å². The first kappa shape index (κ1) is 13.3. The second-order valence-corrected chi connectivity index (χ2v) is 4.28. The summed E-state index contributed by atoms with van der Waals surface area (Å²) in [7, 11) is 0. The van der Waals surface area contributed by atoms with Crippen LogP contribution in [0, 0.1) is 11.6 Å². The standard InChI is InChI=1S/C13H9ClF2N2O/c14-7-3-9(16)5-10(4-7)18-13(19)11-2-1-8(15)6-12(11)17/h1-6H,17H2,(H,18,19). The van der Waals surface area contributed by atoms with E-state index in [4.69, 9.17) is 17.3 Å². The molecule has 0 bridgehead atoms. The van der Waals surface area contributed by atoms with Crippen molar-refractivity contribution in [2.45, 2.75) is 0 Å². The van der Waals surface area contributed by atoms with Crippen molar-refractivity contribution in [2.24, 2.45) is 0 Å². The average Bonchev–Trinajstić information content (AvgIpc) is 2.26. The normalized spacial score (nSPS) is 10.3. The van der Waals surface area contributed by atoms with E-state index in [1.807, 2.05) is 0 Å². The van der Waals surface area contributed by atoms with Gasteiger partial charge in [0.05, 0.1) is 5.56 Å². The summed E-state index contributed by atoms with van der Waals surface area (Å²) in [4.78, 5) is 11.9. The largest absolute Gasteiger partial charge is 0.398 e. The quantitative estimate of drug-likeness (QED) is 0.829. The zero-order valence-electron chi connectivity index (χ0n) is 9.58. The van der Waals surface area contributed by atoms with Crippen LogP contribution in [0.5, 0.6) is 0 Å². The van der Waals surface area contributed by atoms with Crippen LogP contribution in [0.15, 0.2) is 36.4 Å². The summed E-state index contributed by atoms with van der Waals surface area (Å²) in [6.07, 6.45) is 0. The lowest BCUT2D eigenvalue weighted by atomic mass is 10.1. The van der Waals surface area contributed by atoms with E-state index in [-0.39, 0.29) is 22.0 Å². The number of hydrogen-bond donors (Lipinski definition) is 2. The molecule has 0 unspecified atom stereocenters. The SMILES string of the molecule is Nc1cc(F)ccc1C(=O)Nc1cc(F)cc(Cl)c1. The molecular formula is C13H9ClF2N2O. The van der Waals surface area contributed by atoms with Crippen LogP contribution in [0.4, 0.5) is 20.2 Å². The lowest BCUT2D eigenvalue weighted by Gasteiger charge is -2.08. The van der Waals surface area contributed by atoms with Gasteiger partial charge >= 0.3 is 0 Å². The van der Waals surface area contributed by atoms with Crippen LogP contribution in [0.1, 0.15) is 10.4 Å². The topological polar surface area (TPSA) is 55.1 Å². The Labute approximate surface area is 113 Å². The fraction of sp³-hybridized carbons (Fsp3) is 0. The van der Waals surface area contributed by atoms with E-state index in [1.54, 1.807) is 0 Å². The van der Waals surface area contributed by atoms with Gasteiger partial charge in [0.15, 0.2) is 0 Å². The molecule has 0 aromatic heterocycles. The fourth-order valence-corrected chi connectivity index (χ4v) is 1.79. The van der Waals surface area contributed by atoms with Crippen LogP contribution in [-0.4, -0.2) is 5.91 Å². The van der Waals surface area contributed by atoms with Crippen molar-refractivity contribution < 1.29 is 13.6 Å². The maximum atomic E-state index is 13.1. The highest BCUT2D eigenvalue weighted by Gasteiger charge is 2.11. The average molecular weight is 283 g/mol. The highest BCUT2D eigenvalue weighted by atomic mass is 35.5. The molecule has 98 valence electrons. The molecule has 0 radical (unpaired) electrons. The summed E-state index contributed by atoms with van der Waals surface area (Å²) in [6, 6.07) is 7.02. The predicted molar refractivity (Wildman–Crippen MR) is 70.2 cm³/mol. The number of amides is 1. The molecule has 3 N–H and O–H groups in total. The van der Waals surface area contributed by atoms with E-state index in [0.717, 1.165) is 24.3 Å². The van der Waals surface area contributed by atoms with Crippen LogP contribution in [-0.2, 0) is 0 Å². The lowest BCUT2D eigenvalue weighted by molar-refractivity contribution is 0.102. The molecule has 1 amide bonds. The summed E-state index contributed by atoms with van der Waals surface area (Å²) in [5.74, 6) is -1.68. The molecule has 6 heteroatoms. The van der Waals surface area contributed by atoms with Crippen LogP contribution in [0.3, 0.4) is 0 Å². The second-order valence-electron chi connectivity index (χ2n) is 3.84. The Morgan fingerprint density at radius 1 is 1.11 bits per heavy atom. The van der Waals surface area contributed by atoms with Gasteiger partial charge in [-0.1, -0.05) is 11.6 Å². The van der Waals surface area contributed by atoms with Crippen molar-refractivity contribution in [3.05, 3.63) is 58.6 Å². The molecule has 0 aliphatic heterocycles. The minimum atomic E-state index is -0.574. The van der Waals surface area contributed by atoms with Gasteiger partial charge in [-0.15, -0.1) is 0 Å². The number of rotatable bonds is 2. The van der Waals surface area contributed by atoms with E-state index in [0.29, 0.717) is 0 Å². The Kier molecular flexibility index (Phi) is 3.66. The fourth-order valence-electron chi connectivity index (χ4n) is 1.56. The van der Waals surface area contributed by atoms with Crippen molar-refractivity contribution >= 4 is 28.9 Å². The highest BCUT2D eigenvalue weighted by Crippen LogP contribution is 2.20. The van der Waals surface area contributed by atoms with Gasteiger partial charge in [0.25, 0.3) is 5.91 Å². The molecule has 2 rings (SSSR count). The maximum absolute atomic E-state index is 13.1. The molecule has 0 spiro atoms. The monoisotopic (exact) mass is 282 g/mol. The van der Waals surface area contributed by atoms with Gasteiger partial charge in [-0.05, 0) is 36.4 Å².